The van der Waals surface area contributed by atoms with Gasteiger partial charge in [0.25, 0.3) is 0 Å². The Morgan fingerprint density at radius 2 is 2.10 bits per heavy atom. The number of nitrogen functional groups attached to an aromatic ring is 1. The van der Waals surface area contributed by atoms with Crippen LogP contribution in [0.2, 0.25) is 0 Å². The van der Waals surface area contributed by atoms with Crippen LogP contribution in [0, 0.1) is 0 Å². The molecule has 0 aliphatic rings. The van der Waals surface area contributed by atoms with E-state index in [9.17, 15) is 4.79 Å². The highest BCUT2D eigenvalue weighted by Crippen LogP contribution is 2.12. The summed E-state index contributed by atoms with van der Waals surface area (Å²) < 4.78 is 0. The zero-order valence-corrected chi connectivity index (χ0v) is 12.1. The lowest BCUT2D eigenvalue weighted by Gasteiger charge is -2.19. The molecule has 0 radical (unpaired) electrons. The van der Waals surface area contributed by atoms with Crippen LogP contribution in [0.1, 0.15) is 26.2 Å². The molecule has 0 unspecified atom stereocenters. The zero-order valence-electron chi connectivity index (χ0n) is 12.1. The lowest BCUT2D eigenvalue weighted by Crippen LogP contribution is -2.27. The van der Waals surface area contributed by atoms with Crippen LogP contribution in [0.25, 0.3) is 0 Å². The van der Waals surface area contributed by atoms with Gasteiger partial charge in [0.05, 0.1) is 0 Å². The third-order valence-electron chi connectivity index (χ3n) is 3.13. The van der Waals surface area contributed by atoms with Crippen LogP contribution in [0.4, 0.5) is 11.4 Å². The number of hydrogen-bond acceptors (Lipinski definition) is 4. The quantitative estimate of drug-likeness (QED) is 0.601. The number of nitrogens with one attached hydrogen (secondary N) is 1. The SMILES string of the molecule is CCN(CCCO)CCCC(=O)Nc1cccc(N)c1. The van der Waals surface area contributed by atoms with Gasteiger partial charge < -0.3 is 21.1 Å². The zero-order chi connectivity index (χ0) is 14.8. The van der Waals surface area contributed by atoms with Crippen LogP contribution in [-0.4, -0.2) is 42.2 Å². The van der Waals surface area contributed by atoms with E-state index in [0.717, 1.165) is 38.2 Å². The van der Waals surface area contributed by atoms with E-state index in [0.29, 0.717) is 12.1 Å². The number of anilines is 2. The fourth-order valence-corrected chi connectivity index (χ4v) is 2.03. The van der Waals surface area contributed by atoms with E-state index in [1.54, 1.807) is 12.1 Å². The molecular formula is C15H25N3O2. The molecule has 20 heavy (non-hydrogen) atoms. The van der Waals surface area contributed by atoms with E-state index in [2.05, 4.69) is 17.1 Å². The van der Waals surface area contributed by atoms with Crippen molar-refractivity contribution in [2.24, 2.45) is 0 Å². The number of aliphatic hydroxyl groups excluding tert-OH is 1. The Hall–Kier alpha value is -1.59. The maximum Gasteiger partial charge on any atom is 0.224 e. The monoisotopic (exact) mass is 279 g/mol. The van der Waals surface area contributed by atoms with Gasteiger partial charge in [-0.25, -0.2) is 0 Å². The van der Waals surface area contributed by atoms with E-state index < -0.39 is 0 Å². The van der Waals surface area contributed by atoms with Gasteiger partial charge in [-0.3, -0.25) is 4.79 Å². The smallest absolute Gasteiger partial charge is 0.224 e. The summed E-state index contributed by atoms with van der Waals surface area (Å²) in [5.74, 6) is 0.00816. The summed E-state index contributed by atoms with van der Waals surface area (Å²) in [5, 5.41) is 11.7. The topological polar surface area (TPSA) is 78.6 Å². The minimum atomic E-state index is 0.00816. The summed E-state index contributed by atoms with van der Waals surface area (Å²) in [7, 11) is 0. The summed E-state index contributed by atoms with van der Waals surface area (Å²) in [6.45, 7) is 5.00. The number of aliphatic hydroxyl groups is 1. The number of carbonyl (C=O) groups is 1. The highest BCUT2D eigenvalue weighted by molar-refractivity contribution is 5.91. The molecule has 5 nitrogen and oxygen atoms in total. The van der Waals surface area contributed by atoms with Crippen molar-refractivity contribution in [2.45, 2.75) is 26.2 Å². The lowest BCUT2D eigenvalue weighted by molar-refractivity contribution is -0.116. The summed E-state index contributed by atoms with van der Waals surface area (Å²) in [6, 6.07) is 7.18. The molecule has 1 amide bonds. The van der Waals surface area contributed by atoms with Gasteiger partial charge in [-0.05, 0) is 44.1 Å². The van der Waals surface area contributed by atoms with E-state index in [1.807, 2.05) is 12.1 Å². The van der Waals surface area contributed by atoms with Crippen molar-refractivity contribution in [3.8, 4) is 0 Å². The van der Waals surface area contributed by atoms with Crippen molar-refractivity contribution in [2.75, 3.05) is 37.3 Å². The maximum absolute atomic E-state index is 11.8. The van der Waals surface area contributed by atoms with Crippen LogP contribution in [0.3, 0.4) is 0 Å². The summed E-state index contributed by atoms with van der Waals surface area (Å²) in [4.78, 5) is 14.0. The Kier molecular flexibility index (Phi) is 7.69. The number of nitrogens with zero attached hydrogens (tertiary/aromatic N) is 1. The van der Waals surface area contributed by atoms with Crippen LogP contribution >= 0.6 is 0 Å². The Bertz CT molecular complexity index is 410. The molecule has 0 saturated heterocycles. The van der Waals surface area contributed by atoms with Gasteiger partial charge in [0.15, 0.2) is 0 Å². The molecule has 0 aliphatic heterocycles. The van der Waals surface area contributed by atoms with Crippen molar-refractivity contribution >= 4 is 17.3 Å². The average Bonchev–Trinajstić information content (AvgIpc) is 2.42. The van der Waals surface area contributed by atoms with Gasteiger partial charge in [0.2, 0.25) is 5.91 Å². The fraction of sp³-hybridized carbons (Fsp3) is 0.533. The predicted molar refractivity (Wildman–Crippen MR) is 82.5 cm³/mol. The molecule has 1 rings (SSSR count). The third-order valence-corrected chi connectivity index (χ3v) is 3.13. The van der Waals surface area contributed by atoms with Crippen molar-refractivity contribution < 1.29 is 9.90 Å². The van der Waals surface area contributed by atoms with Crippen LogP contribution < -0.4 is 11.1 Å². The molecule has 0 heterocycles. The van der Waals surface area contributed by atoms with Gasteiger partial charge in [0, 0.05) is 30.9 Å². The first-order valence-electron chi connectivity index (χ1n) is 7.14. The second-order valence-electron chi connectivity index (χ2n) is 4.79. The van der Waals surface area contributed by atoms with E-state index >= 15 is 0 Å². The van der Waals surface area contributed by atoms with Gasteiger partial charge >= 0.3 is 0 Å². The molecule has 0 aromatic heterocycles. The van der Waals surface area contributed by atoms with Gasteiger partial charge in [-0.15, -0.1) is 0 Å². The molecule has 0 bridgehead atoms. The molecule has 0 saturated carbocycles. The van der Waals surface area contributed by atoms with Gasteiger partial charge in [-0.2, -0.15) is 0 Å². The number of rotatable bonds is 9. The van der Waals surface area contributed by atoms with Crippen LogP contribution in [0.15, 0.2) is 24.3 Å². The Balaban J connectivity index is 2.25. The maximum atomic E-state index is 11.8. The van der Waals surface area contributed by atoms with E-state index in [1.165, 1.54) is 0 Å². The number of hydrogen-bond donors (Lipinski definition) is 3. The van der Waals surface area contributed by atoms with Crippen LogP contribution in [-0.2, 0) is 4.79 Å². The molecule has 0 aliphatic carbocycles. The number of nitrogens with two attached hydrogens (primary N) is 1. The number of carbonyl (C=O) groups excluding carboxylic acids is 1. The summed E-state index contributed by atoms with van der Waals surface area (Å²) >= 11 is 0. The number of amides is 1. The lowest BCUT2D eigenvalue weighted by atomic mass is 10.2. The third kappa shape index (κ3) is 6.54. The second kappa shape index (κ2) is 9.34. The molecule has 5 heteroatoms. The molecule has 112 valence electrons. The minimum Gasteiger partial charge on any atom is -0.399 e. The minimum absolute atomic E-state index is 0.00816. The first-order chi connectivity index (χ1) is 9.65. The van der Waals surface area contributed by atoms with E-state index in [4.69, 9.17) is 10.8 Å². The van der Waals surface area contributed by atoms with Gasteiger partial charge in [0.1, 0.15) is 0 Å². The van der Waals surface area contributed by atoms with Crippen molar-refractivity contribution in [3.05, 3.63) is 24.3 Å². The molecule has 1 aromatic carbocycles. The fourth-order valence-electron chi connectivity index (χ4n) is 2.03. The first kappa shape index (κ1) is 16.5. The molecular weight excluding hydrogens is 254 g/mol. The second-order valence-corrected chi connectivity index (χ2v) is 4.79. The Labute approximate surface area is 120 Å². The first-order valence-corrected chi connectivity index (χ1v) is 7.14. The predicted octanol–water partition coefficient (Wildman–Crippen LogP) is 1.69. The van der Waals surface area contributed by atoms with Crippen LogP contribution in [0.5, 0.6) is 0 Å². The normalized spacial score (nSPS) is 10.8. The van der Waals surface area contributed by atoms with Crippen molar-refractivity contribution in [1.29, 1.82) is 0 Å². The van der Waals surface area contributed by atoms with Gasteiger partial charge in [-0.1, -0.05) is 13.0 Å². The average molecular weight is 279 g/mol. The molecule has 0 spiro atoms. The Morgan fingerprint density at radius 1 is 1.35 bits per heavy atom. The molecule has 0 atom stereocenters. The summed E-state index contributed by atoms with van der Waals surface area (Å²) in [5.41, 5.74) is 7.04. The Morgan fingerprint density at radius 3 is 2.75 bits per heavy atom. The van der Waals surface area contributed by atoms with E-state index in [-0.39, 0.29) is 12.5 Å². The number of benzene rings is 1. The highest BCUT2D eigenvalue weighted by atomic mass is 16.3. The summed E-state index contributed by atoms with van der Waals surface area (Å²) in [6.07, 6.45) is 2.08. The van der Waals surface area contributed by atoms with Crippen molar-refractivity contribution in [3.63, 3.8) is 0 Å². The molecule has 4 N–H and O–H groups in total. The highest BCUT2D eigenvalue weighted by Gasteiger charge is 2.05. The van der Waals surface area contributed by atoms with Crippen molar-refractivity contribution in [1.82, 2.24) is 4.90 Å². The molecule has 1 aromatic rings. The largest absolute Gasteiger partial charge is 0.399 e. The standard InChI is InChI=1S/C15H25N3O2/c1-2-18(10-5-11-19)9-4-8-15(20)17-14-7-3-6-13(16)12-14/h3,6-7,12,19H,2,4-5,8-11,16H2,1H3,(H,17,20). The molecule has 0 fully saturated rings.